The molecule has 2 nitrogen and oxygen atoms in total. The summed E-state index contributed by atoms with van der Waals surface area (Å²) in [7, 11) is 0. The molecule has 0 aromatic rings. The predicted molar refractivity (Wildman–Crippen MR) is 58.1 cm³/mol. The summed E-state index contributed by atoms with van der Waals surface area (Å²) in [5.41, 5.74) is 6.14. The Hall–Kier alpha value is -0.0800. The quantitative estimate of drug-likeness (QED) is 0.750. The zero-order valence-corrected chi connectivity index (χ0v) is 9.46. The van der Waals surface area contributed by atoms with E-state index in [0.29, 0.717) is 12.1 Å². The SMILES string of the molecule is CC1(C)C(N)CC1OCCC1CCC1. The maximum Gasteiger partial charge on any atom is 0.0655 e. The van der Waals surface area contributed by atoms with Gasteiger partial charge in [0.05, 0.1) is 6.10 Å². The van der Waals surface area contributed by atoms with Crippen molar-refractivity contribution >= 4 is 0 Å². The van der Waals surface area contributed by atoms with E-state index in [-0.39, 0.29) is 5.41 Å². The minimum Gasteiger partial charge on any atom is -0.378 e. The standard InChI is InChI=1S/C12H23NO/c1-12(2)10(13)8-11(12)14-7-6-9-4-3-5-9/h9-11H,3-8,13H2,1-2H3. The molecule has 2 aliphatic rings. The number of hydrogen-bond acceptors (Lipinski definition) is 2. The molecular formula is C12H23NO. The van der Waals surface area contributed by atoms with Crippen molar-refractivity contribution in [1.29, 1.82) is 0 Å². The second-order valence-corrected chi connectivity index (χ2v) is 5.61. The summed E-state index contributed by atoms with van der Waals surface area (Å²) in [6.07, 6.45) is 7.02. The second-order valence-electron chi connectivity index (χ2n) is 5.61. The van der Waals surface area contributed by atoms with Crippen LogP contribution in [0.25, 0.3) is 0 Å². The van der Waals surface area contributed by atoms with Crippen LogP contribution in [0.3, 0.4) is 0 Å². The molecule has 0 saturated heterocycles. The average molecular weight is 197 g/mol. The van der Waals surface area contributed by atoms with Crippen molar-refractivity contribution in [2.45, 2.75) is 58.1 Å². The Labute approximate surface area is 87.2 Å². The minimum absolute atomic E-state index is 0.208. The molecule has 0 heterocycles. The third kappa shape index (κ3) is 1.82. The molecule has 0 amide bonds. The summed E-state index contributed by atoms with van der Waals surface area (Å²) in [4.78, 5) is 0. The van der Waals surface area contributed by atoms with E-state index in [4.69, 9.17) is 10.5 Å². The third-order valence-electron chi connectivity index (χ3n) is 4.32. The van der Waals surface area contributed by atoms with Gasteiger partial charge in [0.1, 0.15) is 0 Å². The first-order valence-electron chi connectivity index (χ1n) is 5.98. The van der Waals surface area contributed by atoms with Crippen LogP contribution in [0.15, 0.2) is 0 Å². The fourth-order valence-electron chi connectivity index (χ4n) is 2.36. The molecule has 2 fully saturated rings. The van der Waals surface area contributed by atoms with Crippen molar-refractivity contribution in [1.82, 2.24) is 0 Å². The van der Waals surface area contributed by atoms with E-state index in [9.17, 15) is 0 Å². The van der Waals surface area contributed by atoms with E-state index in [1.165, 1.54) is 25.7 Å². The third-order valence-corrected chi connectivity index (χ3v) is 4.32. The van der Waals surface area contributed by atoms with Gasteiger partial charge in [-0.25, -0.2) is 0 Å². The minimum atomic E-state index is 0.208. The van der Waals surface area contributed by atoms with Gasteiger partial charge in [0, 0.05) is 18.1 Å². The molecule has 0 aromatic carbocycles. The van der Waals surface area contributed by atoms with E-state index >= 15 is 0 Å². The Kier molecular flexibility index (Phi) is 2.85. The monoisotopic (exact) mass is 197 g/mol. The van der Waals surface area contributed by atoms with Gasteiger partial charge in [0.2, 0.25) is 0 Å². The van der Waals surface area contributed by atoms with Crippen molar-refractivity contribution in [3.8, 4) is 0 Å². The molecule has 2 heteroatoms. The van der Waals surface area contributed by atoms with Gasteiger partial charge >= 0.3 is 0 Å². The Morgan fingerprint density at radius 2 is 2.07 bits per heavy atom. The molecule has 2 rings (SSSR count). The van der Waals surface area contributed by atoms with Crippen LogP contribution in [0, 0.1) is 11.3 Å². The molecule has 0 bridgehead atoms. The number of nitrogens with two attached hydrogens (primary N) is 1. The smallest absolute Gasteiger partial charge is 0.0655 e. The highest BCUT2D eigenvalue weighted by Crippen LogP contribution is 2.41. The topological polar surface area (TPSA) is 35.2 Å². The number of hydrogen-bond donors (Lipinski definition) is 1. The van der Waals surface area contributed by atoms with E-state index in [0.717, 1.165) is 18.9 Å². The van der Waals surface area contributed by atoms with Crippen LogP contribution < -0.4 is 5.73 Å². The summed E-state index contributed by atoms with van der Waals surface area (Å²) in [5.74, 6) is 0.965. The largest absolute Gasteiger partial charge is 0.378 e. The van der Waals surface area contributed by atoms with Gasteiger partial charge in [-0.3, -0.25) is 0 Å². The van der Waals surface area contributed by atoms with E-state index < -0.39 is 0 Å². The van der Waals surface area contributed by atoms with Crippen LogP contribution in [0.2, 0.25) is 0 Å². The van der Waals surface area contributed by atoms with Gasteiger partial charge in [-0.1, -0.05) is 33.1 Å². The van der Waals surface area contributed by atoms with Gasteiger partial charge < -0.3 is 10.5 Å². The Morgan fingerprint density at radius 1 is 1.36 bits per heavy atom. The fourth-order valence-corrected chi connectivity index (χ4v) is 2.36. The summed E-state index contributed by atoms with van der Waals surface area (Å²) < 4.78 is 5.89. The normalized spacial score (nSPS) is 36.2. The van der Waals surface area contributed by atoms with Gasteiger partial charge in [-0.05, 0) is 18.8 Å². The number of ether oxygens (including phenoxy) is 1. The Morgan fingerprint density at radius 3 is 2.50 bits per heavy atom. The average Bonchev–Trinajstić information content (AvgIpc) is 2.07. The van der Waals surface area contributed by atoms with Crippen LogP contribution in [0.5, 0.6) is 0 Å². The van der Waals surface area contributed by atoms with Crippen molar-refractivity contribution in [2.75, 3.05) is 6.61 Å². The van der Waals surface area contributed by atoms with E-state index in [1.54, 1.807) is 0 Å². The molecule has 0 aliphatic heterocycles. The van der Waals surface area contributed by atoms with Crippen molar-refractivity contribution < 1.29 is 4.74 Å². The zero-order valence-electron chi connectivity index (χ0n) is 9.46. The van der Waals surface area contributed by atoms with Gasteiger partial charge in [0.15, 0.2) is 0 Å². The van der Waals surface area contributed by atoms with Gasteiger partial charge in [0.25, 0.3) is 0 Å². The van der Waals surface area contributed by atoms with Crippen LogP contribution >= 0.6 is 0 Å². The molecule has 14 heavy (non-hydrogen) atoms. The first-order chi connectivity index (χ1) is 6.60. The maximum atomic E-state index is 5.94. The highest BCUT2D eigenvalue weighted by atomic mass is 16.5. The fraction of sp³-hybridized carbons (Fsp3) is 1.00. The molecule has 2 aliphatic carbocycles. The van der Waals surface area contributed by atoms with Crippen LogP contribution in [-0.2, 0) is 4.74 Å². The number of rotatable bonds is 4. The summed E-state index contributed by atoms with van der Waals surface area (Å²) in [6.45, 7) is 5.38. The lowest BCUT2D eigenvalue weighted by atomic mass is 9.65. The molecule has 0 spiro atoms. The summed E-state index contributed by atoms with van der Waals surface area (Å²) >= 11 is 0. The molecule has 82 valence electrons. The summed E-state index contributed by atoms with van der Waals surface area (Å²) in [6, 6.07) is 0.344. The first kappa shape index (κ1) is 10.4. The predicted octanol–water partition coefficient (Wildman–Crippen LogP) is 2.32. The van der Waals surface area contributed by atoms with E-state index in [2.05, 4.69) is 13.8 Å². The highest BCUT2D eigenvalue weighted by molar-refractivity contribution is 5.00. The lowest BCUT2D eigenvalue weighted by Crippen LogP contribution is -2.59. The summed E-state index contributed by atoms with van der Waals surface area (Å²) in [5, 5.41) is 0. The molecule has 2 saturated carbocycles. The van der Waals surface area contributed by atoms with Crippen LogP contribution in [0.4, 0.5) is 0 Å². The highest BCUT2D eigenvalue weighted by Gasteiger charge is 2.46. The molecule has 0 radical (unpaired) electrons. The second kappa shape index (κ2) is 3.82. The molecular weight excluding hydrogens is 174 g/mol. The van der Waals surface area contributed by atoms with Gasteiger partial charge in [-0.15, -0.1) is 0 Å². The molecule has 2 atom stereocenters. The van der Waals surface area contributed by atoms with Crippen molar-refractivity contribution in [2.24, 2.45) is 17.1 Å². The lowest BCUT2D eigenvalue weighted by Gasteiger charge is -2.50. The van der Waals surface area contributed by atoms with Crippen molar-refractivity contribution in [3.05, 3.63) is 0 Å². The maximum absolute atomic E-state index is 5.94. The van der Waals surface area contributed by atoms with Gasteiger partial charge in [-0.2, -0.15) is 0 Å². The lowest BCUT2D eigenvalue weighted by molar-refractivity contribution is -0.111. The zero-order chi connectivity index (χ0) is 10.2. The Bertz CT molecular complexity index is 198. The molecule has 0 aromatic heterocycles. The van der Waals surface area contributed by atoms with Crippen LogP contribution in [-0.4, -0.2) is 18.8 Å². The Balaban J connectivity index is 1.62. The van der Waals surface area contributed by atoms with E-state index in [1.807, 2.05) is 0 Å². The molecule has 2 N–H and O–H groups in total. The van der Waals surface area contributed by atoms with Crippen LogP contribution in [0.1, 0.15) is 46.0 Å². The van der Waals surface area contributed by atoms with Crippen molar-refractivity contribution in [3.63, 3.8) is 0 Å². The first-order valence-corrected chi connectivity index (χ1v) is 5.98. The molecule has 2 unspecified atom stereocenters.